The van der Waals surface area contributed by atoms with E-state index in [1.165, 1.54) is 18.4 Å². The van der Waals surface area contributed by atoms with Crippen molar-refractivity contribution in [2.24, 2.45) is 17.3 Å². The van der Waals surface area contributed by atoms with E-state index in [4.69, 9.17) is 0 Å². The minimum absolute atomic E-state index is 0.0253. The maximum atomic E-state index is 12.1. The van der Waals surface area contributed by atoms with Crippen LogP contribution in [0.4, 0.5) is 0 Å². The Bertz CT molecular complexity index is 485. The maximum absolute atomic E-state index is 12.1. The zero-order valence-corrected chi connectivity index (χ0v) is 12.7. The average Bonchev–Trinajstić information content (AvgIpc) is 2.42. The van der Waals surface area contributed by atoms with Gasteiger partial charge in [0.2, 0.25) is 5.91 Å². The molecular weight excluding hydrogens is 264 g/mol. The number of hydrogen-bond donors (Lipinski definition) is 1. The van der Waals surface area contributed by atoms with Crippen LogP contribution in [0.1, 0.15) is 31.7 Å². The molecule has 0 bridgehead atoms. The molecule has 1 aliphatic carbocycles. The highest BCUT2D eigenvalue weighted by molar-refractivity contribution is 5.80. The lowest BCUT2D eigenvalue weighted by molar-refractivity contribution is -0.160. The second kappa shape index (κ2) is 5.76. The van der Waals surface area contributed by atoms with Crippen molar-refractivity contribution in [3.63, 3.8) is 0 Å². The monoisotopic (exact) mass is 288 g/mol. The van der Waals surface area contributed by atoms with Crippen molar-refractivity contribution < 1.29 is 9.90 Å². The number of amides is 1. The van der Waals surface area contributed by atoms with Crippen molar-refractivity contribution in [3.8, 4) is 0 Å². The quantitative estimate of drug-likeness (QED) is 0.900. The maximum Gasteiger partial charge on any atom is 0.228 e. The third kappa shape index (κ3) is 2.82. The molecule has 1 amide bonds. The summed E-state index contributed by atoms with van der Waals surface area (Å²) in [6.45, 7) is 3.72. The molecular formula is C17H24N2O2. The minimum atomic E-state index is -0.200. The molecule has 21 heavy (non-hydrogen) atoms. The van der Waals surface area contributed by atoms with Gasteiger partial charge in [0.1, 0.15) is 0 Å². The minimum Gasteiger partial charge on any atom is -0.396 e. The number of nitrogens with zero attached hydrogens (tertiary/aromatic N) is 2. The van der Waals surface area contributed by atoms with Gasteiger partial charge in [0.05, 0.1) is 12.5 Å². The van der Waals surface area contributed by atoms with Crippen LogP contribution in [0.15, 0.2) is 24.5 Å². The summed E-state index contributed by atoms with van der Waals surface area (Å²) in [6, 6.07) is 4.13. The normalized spacial score (nSPS) is 21.7. The molecule has 2 aliphatic rings. The van der Waals surface area contributed by atoms with Gasteiger partial charge in [0.15, 0.2) is 0 Å². The van der Waals surface area contributed by atoms with E-state index >= 15 is 0 Å². The molecule has 4 heteroatoms. The SMILES string of the molecule is CC[C@H](CO)C(=O)N1CC2(CC(Cc3cccnc3)C2)C1. The number of aliphatic hydroxyl groups excluding tert-OH is 1. The molecule has 1 atom stereocenters. The number of carbonyl (C=O) groups is 1. The molecule has 1 N–H and O–H groups in total. The molecule has 4 nitrogen and oxygen atoms in total. The van der Waals surface area contributed by atoms with Gasteiger partial charge in [-0.2, -0.15) is 0 Å². The van der Waals surface area contributed by atoms with Crippen LogP contribution in [0, 0.1) is 17.3 Å². The summed E-state index contributed by atoms with van der Waals surface area (Å²) >= 11 is 0. The van der Waals surface area contributed by atoms with Crippen molar-refractivity contribution in [2.75, 3.05) is 19.7 Å². The van der Waals surface area contributed by atoms with Crippen molar-refractivity contribution in [1.29, 1.82) is 0 Å². The Labute approximate surface area is 126 Å². The van der Waals surface area contributed by atoms with Crippen molar-refractivity contribution >= 4 is 5.91 Å². The van der Waals surface area contributed by atoms with E-state index in [-0.39, 0.29) is 18.4 Å². The first-order valence-corrected chi connectivity index (χ1v) is 7.94. The predicted molar refractivity (Wildman–Crippen MR) is 80.5 cm³/mol. The first-order chi connectivity index (χ1) is 10.2. The fraction of sp³-hybridized carbons (Fsp3) is 0.647. The number of hydrogen-bond acceptors (Lipinski definition) is 3. The molecule has 0 unspecified atom stereocenters. The highest BCUT2D eigenvalue weighted by Crippen LogP contribution is 2.53. The molecule has 1 saturated carbocycles. The first kappa shape index (κ1) is 14.5. The molecule has 114 valence electrons. The van der Waals surface area contributed by atoms with Gasteiger partial charge in [0.25, 0.3) is 0 Å². The number of aliphatic hydroxyl groups is 1. The van der Waals surface area contributed by atoms with Crippen LogP contribution in [0.3, 0.4) is 0 Å². The van der Waals surface area contributed by atoms with E-state index in [1.807, 2.05) is 30.3 Å². The molecule has 0 aromatic carbocycles. The van der Waals surface area contributed by atoms with Crippen LogP contribution >= 0.6 is 0 Å². The van der Waals surface area contributed by atoms with Crippen molar-refractivity contribution in [3.05, 3.63) is 30.1 Å². The van der Waals surface area contributed by atoms with Crippen LogP contribution < -0.4 is 0 Å². The molecule has 1 saturated heterocycles. The summed E-state index contributed by atoms with van der Waals surface area (Å²) < 4.78 is 0. The Morgan fingerprint density at radius 2 is 2.29 bits per heavy atom. The lowest BCUT2D eigenvalue weighted by atomic mass is 9.56. The third-order valence-corrected chi connectivity index (χ3v) is 5.12. The number of rotatable bonds is 5. The summed E-state index contributed by atoms with van der Waals surface area (Å²) in [5.74, 6) is 0.682. The number of aromatic nitrogens is 1. The summed E-state index contributed by atoms with van der Waals surface area (Å²) in [5, 5.41) is 9.22. The molecule has 1 aromatic heterocycles. The standard InChI is InChI=1S/C17H24N2O2/c1-2-15(10-20)16(21)19-11-17(12-19)7-14(8-17)6-13-4-3-5-18-9-13/h3-5,9,14-15,20H,2,6-8,10-12H2,1H3/t15-/m1/s1. The Morgan fingerprint density at radius 3 is 2.86 bits per heavy atom. The van der Waals surface area contributed by atoms with Crippen LogP contribution in [-0.2, 0) is 11.2 Å². The van der Waals surface area contributed by atoms with Gasteiger partial charge in [-0.25, -0.2) is 0 Å². The molecule has 3 rings (SSSR count). The van der Waals surface area contributed by atoms with Crippen molar-refractivity contribution in [2.45, 2.75) is 32.6 Å². The lowest BCUT2D eigenvalue weighted by Gasteiger charge is -2.59. The zero-order chi connectivity index (χ0) is 14.9. The van der Waals surface area contributed by atoms with Crippen LogP contribution in [0.25, 0.3) is 0 Å². The summed E-state index contributed by atoms with van der Waals surface area (Å²) in [5.41, 5.74) is 1.70. The van der Waals surface area contributed by atoms with E-state index in [9.17, 15) is 9.90 Å². The summed E-state index contributed by atoms with van der Waals surface area (Å²) in [4.78, 5) is 18.2. The van der Waals surface area contributed by atoms with Crippen LogP contribution in [0.5, 0.6) is 0 Å². The highest BCUT2D eigenvalue weighted by Gasteiger charge is 2.53. The van der Waals surface area contributed by atoms with E-state index in [1.54, 1.807) is 0 Å². The van der Waals surface area contributed by atoms with Crippen molar-refractivity contribution in [1.82, 2.24) is 9.88 Å². The largest absolute Gasteiger partial charge is 0.396 e. The van der Waals surface area contributed by atoms with E-state index < -0.39 is 0 Å². The zero-order valence-electron chi connectivity index (χ0n) is 12.7. The highest BCUT2D eigenvalue weighted by atomic mass is 16.3. The van der Waals surface area contributed by atoms with E-state index in [2.05, 4.69) is 11.1 Å². The predicted octanol–water partition coefficient (Wildman–Crippen LogP) is 1.88. The third-order valence-electron chi connectivity index (χ3n) is 5.12. The van der Waals surface area contributed by atoms with Crippen LogP contribution in [0.2, 0.25) is 0 Å². The van der Waals surface area contributed by atoms with Gasteiger partial charge < -0.3 is 10.0 Å². The fourth-order valence-corrected chi connectivity index (χ4v) is 3.98. The number of likely N-dealkylation sites (tertiary alicyclic amines) is 1. The number of pyridine rings is 1. The molecule has 2 heterocycles. The van der Waals surface area contributed by atoms with Gasteiger partial charge in [-0.3, -0.25) is 9.78 Å². The topological polar surface area (TPSA) is 53.4 Å². The summed E-state index contributed by atoms with van der Waals surface area (Å²) in [6.07, 6.45) is 8.05. The Morgan fingerprint density at radius 1 is 1.52 bits per heavy atom. The van der Waals surface area contributed by atoms with Crippen LogP contribution in [-0.4, -0.2) is 40.6 Å². The molecule has 1 aliphatic heterocycles. The second-order valence-corrected chi connectivity index (χ2v) is 6.82. The lowest BCUT2D eigenvalue weighted by Crippen LogP contribution is -2.64. The Balaban J connectivity index is 1.45. The Kier molecular flexibility index (Phi) is 3.98. The molecule has 0 radical (unpaired) electrons. The second-order valence-electron chi connectivity index (χ2n) is 6.82. The van der Waals surface area contributed by atoms with Gasteiger partial charge in [-0.1, -0.05) is 13.0 Å². The van der Waals surface area contributed by atoms with Gasteiger partial charge in [0, 0.05) is 30.9 Å². The Hall–Kier alpha value is -1.42. The smallest absolute Gasteiger partial charge is 0.228 e. The van der Waals surface area contributed by atoms with Gasteiger partial charge in [-0.05, 0) is 43.2 Å². The summed E-state index contributed by atoms with van der Waals surface area (Å²) in [7, 11) is 0. The fourth-order valence-electron chi connectivity index (χ4n) is 3.98. The number of carbonyl (C=O) groups excluding carboxylic acids is 1. The van der Waals surface area contributed by atoms with E-state index in [0.29, 0.717) is 5.41 Å². The molecule has 1 aromatic rings. The van der Waals surface area contributed by atoms with Gasteiger partial charge in [-0.15, -0.1) is 0 Å². The molecule has 1 spiro atoms. The van der Waals surface area contributed by atoms with E-state index in [0.717, 1.165) is 31.8 Å². The van der Waals surface area contributed by atoms with Gasteiger partial charge >= 0.3 is 0 Å². The molecule has 2 fully saturated rings. The average molecular weight is 288 g/mol. The first-order valence-electron chi connectivity index (χ1n) is 7.94.